The Kier molecular flexibility index (Phi) is 6.44. The highest BCUT2D eigenvalue weighted by Gasteiger charge is 2.30. The van der Waals surface area contributed by atoms with E-state index in [0.717, 1.165) is 23.5 Å². The molecule has 0 atom stereocenters. The summed E-state index contributed by atoms with van der Waals surface area (Å²) in [4.78, 5) is 45.4. The first kappa shape index (κ1) is 24.3. The maximum Gasteiger partial charge on any atom is 0.276 e. The van der Waals surface area contributed by atoms with Crippen LogP contribution in [-0.4, -0.2) is 95.6 Å². The molecule has 4 aromatic heterocycles. The molecule has 2 saturated heterocycles. The van der Waals surface area contributed by atoms with Crippen LogP contribution in [0.3, 0.4) is 0 Å². The van der Waals surface area contributed by atoms with E-state index < -0.39 is 0 Å². The maximum atomic E-state index is 13.2. The Morgan fingerprint density at radius 2 is 1.63 bits per heavy atom. The van der Waals surface area contributed by atoms with E-state index in [9.17, 15) is 9.59 Å². The molecule has 2 fully saturated rings. The number of nitrogens with zero attached hydrogens (tertiary/aromatic N) is 10. The van der Waals surface area contributed by atoms with Crippen molar-refractivity contribution in [2.24, 2.45) is 0 Å². The van der Waals surface area contributed by atoms with Gasteiger partial charge in [0.2, 0.25) is 5.95 Å². The number of piperidine rings is 1. The fraction of sp³-hybridized carbons (Fsp3) is 0.440. The number of fused-ring (bicyclic) bond motifs is 1. The van der Waals surface area contributed by atoms with Crippen LogP contribution in [0, 0.1) is 13.8 Å². The van der Waals surface area contributed by atoms with Crippen molar-refractivity contribution in [1.29, 1.82) is 0 Å². The summed E-state index contributed by atoms with van der Waals surface area (Å²) in [6.07, 6.45) is 5.04. The minimum absolute atomic E-state index is 0.0351. The normalized spacial score (nSPS) is 16.8. The zero-order valence-electron chi connectivity index (χ0n) is 21.3. The number of carbonyl (C=O) groups is 2. The van der Waals surface area contributed by atoms with Gasteiger partial charge in [0.05, 0.1) is 16.4 Å². The van der Waals surface area contributed by atoms with E-state index in [-0.39, 0.29) is 17.7 Å². The number of anilines is 1. The van der Waals surface area contributed by atoms with Gasteiger partial charge in [0, 0.05) is 69.0 Å². The Hall–Kier alpha value is -4.00. The number of aryl methyl sites for hydroxylation is 2. The molecular weight excluding hydrogens is 504 g/mol. The molecule has 0 aliphatic carbocycles. The lowest BCUT2D eigenvalue weighted by molar-refractivity contribution is 0.0703. The Bertz CT molecular complexity index is 1470. The number of thiazole rings is 1. The Labute approximate surface area is 223 Å². The van der Waals surface area contributed by atoms with E-state index in [0.29, 0.717) is 67.9 Å². The van der Waals surface area contributed by atoms with Crippen LogP contribution in [0.4, 0.5) is 5.95 Å². The van der Waals surface area contributed by atoms with E-state index in [1.54, 1.807) is 23.0 Å². The molecule has 0 bridgehead atoms. The van der Waals surface area contributed by atoms with Crippen LogP contribution in [0.25, 0.3) is 5.65 Å². The van der Waals surface area contributed by atoms with Crippen molar-refractivity contribution in [2.45, 2.75) is 32.6 Å². The molecule has 0 saturated carbocycles. The molecule has 0 unspecified atom stereocenters. The number of likely N-dealkylation sites (tertiary alicyclic amines) is 1. The third-order valence-electron chi connectivity index (χ3n) is 7.20. The molecule has 12 nitrogen and oxygen atoms in total. The predicted molar refractivity (Wildman–Crippen MR) is 140 cm³/mol. The van der Waals surface area contributed by atoms with Gasteiger partial charge in [-0.2, -0.15) is 5.10 Å². The highest BCUT2D eigenvalue weighted by molar-refractivity contribution is 7.09. The molecule has 6 rings (SSSR count). The summed E-state index contributed by atoms with van der Waals surface area (Å²) in [5, 5.41) is 15.6. The summed E-state index contributed by atoms with van der Waals surface area (Å²) in [7, 11) is 0. The van der Waals surface area contributed by atoms with Crippen molar-refractivity contribution in [3.05, 3.63) is 57.7 Å². The van der Waals surface area contributed by atoms with Gasteiger partial charge >= 0.3 is 0 Å². The third-order valence-corrected chi connectivity index (χ3v) is 8.21. The second-order valence-corrected chi connectivity index (χ2v) is 10.5. The average molecular weight is 533 g/mol. The number of rotatable bonds is 4. The molecule has 0 aromatic carbocycles. The van der Waals surface area contributed by atoms with Gasteiger partial charge in [-0.15, -0.1) is 21.5 Å². The molecular formula is C25H28N10O2S. The molecule has 13 heteroatoms. The minimum atomic E-state index is -0.126. The zero-order valence-corrected chi connectivity index (χ0v) is 22.1. The van der Waals surface area contributed by atoms with Crippen molar-refractivity contribution in [3.8, 4) is 0 Å². The van der Waals surface area contributed by atoms with Gasteiger partial charge in [0.15, 0.2) is 11.3 Å². The number of amides is 2. The highest BCUT2D eigenvalue weighted by atomic mass is 32.1. The molecule has 38 heavy (non-hydrogen) atoms. The summed E-state index contributed by atoms with van der Waals surface area (Å²) in [6.45, 7) is 7.54. The van der Waals surface area contributed by atoms with Crippen molar-refractivity contribution in [2.75, 3.05) is 44.2 Å². The monoisotopic (exact) mass is 532 g/mol. The number of piperazine rings is 1. The Morgan fingerprint density at radius 1 is 0.921 bits per heavy atom. The average Bonchev–Trinajstić information content (AvgIpc) is 3.60. The predicted octanol–water partition coefficient (Wildman–Crippen LogP) is 1.97. The third kappa shape index (κ3) is 4.57. The van der Waals surface area contributed by atoms with Crippen LogP contribution in [0.1, 0.15) is 56.1 Å². The van der Waals surface area contributed by atoms with E-state index in [1.807, 2.05) is 35.1 Å². The van der Waals surface area contributed by atoms with Gasteiger partial charge in [0.1, 0.15) is 5.69 Å². The first-order valence-electron chi connectivity index (χ1n) is 12.7. The molecule has 2 amide bonds. The number of hydrogen-bond donors (Lipinski definition) is 0. The van der Waals surface area contributed by atoms with Gasteiger partial charge in [-0.1, -0.05) is 0 Å². The van der Waals surface area contributed by atoms with E-state index in [4.69, 9.17) is 4.98 Å². The van der Waals surface area contributed by atoms with Crippen molar-refractivity contribution in [3.63, 3.8) is 0 Å². The number of aromatic nitrogens is 7. The van der Waals surface area contributed by atoms with Crippen LogP contribution < -0.4 is 4.90 Å². The lowest BCUT2D eigenvalue weighted by atomic mass is 9.97. The zero-order chi connectivity index (χ0) is 26.2. The SMILES string of the molecule is Cc1cc2nnc(C(=O)N3CCC(c4nc(C(=O)N5CCN(c6ncccn6)CC5)cs4)CC3)c(C)n2n1. The molecule has 0 radical (unpaired) electrons. The highest BCUT2D eigenvalue weighted by Crippen LogP contribution is 2.31. The summed E-state index contributed by atoms with van der Waals surface area (Å²) in [5.74, 6) is 0.756. The topological polar surface area (TPSA) is 126 Å². The summed E-state index contributed by atoms with van der Waals surface area (Å²) < 4.78 is 1.67. The Morgan fingerprint density at radius 3 is 2.37 bits per heavy atom. The Balaban J connectivity index is 1.05. The van der Waals surface area contributed by atoms with E-state index in [2.05, 4.69) is 30.2 Å². The largest absolute Gasteiger partial charge is 0.337 e. The van der Waals surface area contributed by atoms with Crippen molar-refractivity contribution in [1.82, 2.24) is 44.6 Å². The standard InChI is InChI=1S/C25H28N10O2S/c1-16-14-20-29-30-21(17(2)35(20)31-16)24(37)32-8-4-18(5-9-32)22-28-19(15-38-22)23(36)33-10-12-34(13-11-33)25-26-6-3-7-27-25/h3,6-7,14-15,18H,4-5,8-13H2,1-2H3. The lowest BCUT2D eigenvalue weighted by Gasteiger charge is -2.34. The first-order chi connectivity index (χ1) is 18.5. The summed E-state index contributed by atoms with van der Waals surface area (Å²) in [6, 6.07) is 3.63. The fourth-order valence-electron chi connectivity index (χ4n) is 5.05. The van der Waals surface area contributed by atoms with E-state index in [1.165, 1.54) is 11.3 Å². The van der Waals surface area contributed by atoms with Crippen LogP contribution in [0.2, 0.25) is 0 Å². The number of carbonyl (C=O) groups excluding carboxylic acids is 2. The molecule has 2 aliphatic rings. The molecule has 4 aromatic rings. The fourth-order valence-corrected chi connectivity index (χ4v) is 6.02. The van der Waals surface area contributed by atoms with Crippen LogP contribution >= 0.6 is 11.3 Å². The second kappa shape index (κ2) is 10.0. The summed E-state index contributed by atoms with van der Waals surface area (Å²) in [5.41, 5.74) is 2.99. The van der Waals surface area contributed by atoms with Crippen molar-refractivity contribution >= 4 is 34.7 Å². The molecule has 196 valence electrons. The summed E-state index contributed by atoms with van der Waals surface area (Å²) >= 11 is 1.53. The van der Waals surface area contributed by atoms with Gasteiger partial charge < -0.3 is 14.7 Å². The first-order valence-corrected chi connectivity index (χ1v) is 13.6. The van der Waals surface area contributed by atoms with Crippen molar-refractivity contribution < 1.29 is 9.59 Å². The second-order valence-electron chi connectivity index (χ2n) is 9.66. The lowest BCUT2D eigenvalue weighted by Crippen LogP contribution is -2.49. The van der Waals surface area contributed by atoms with Gasteiger partial charge in [-0.3, -0.25) is 9.59 Å². The minimum Gasteiger partial charge on any atom is -0.337 e. The van der Waals surface area contributed by atoms with Crippen LogP contribution in [0.15, 0.2) is 29.9 Å². The van der Waals surface area contributed by atoms with Crippen LogP contribution in [0.5, 0.6) is 0 Å². The van der Waals surface area contributed by atoms with E-state index >= 15 is 0 Å². The maximum absolute atomic E-state index is 13.2. The molecule has 2 aliphatic heterocycles. The molecule has 0 N–H and O–H groups in total. The molecule has 0 spiro atoms. The van der Waals surface area contributed by atoms with Gasteiger partial charge in [-0.25, -0.2) is 19.5 Å². The van der Waals surface area contributed by atoms with Crippen LogP contribution in [-0.2, 0) is 0 Å². The van der Waals surface area contributed by atoms with Gasteiger partial charge in [0.25, 0.3) is 11.8 Å². The quantitative estimate of drug-likeness (QED) is 0.388. The number of hydrogen-bond acceptors (Lipinski definition) is 10. The molecule has 6 heterocycles. The smallest absolute Gasteiger partial charge is 0.276 e. The van der Waals surface area contributed by atoms with Gasteiger partial charge in [-0.05, 0) is 32.8 Å².